The first-order valence-electron chi connectivity index (χ1n) is 7.00. The van der Waals surface area contributed by atoms with Gasteiger partial charge in [-0.2, -0.15) is 0 Å². The molecule has 0 saturated carbocycles. The highest BCUT2D eigenvalue weighted by atomic mass is 35.5. The van der Waals surface area contributed by atoms with E-state index in [0.29, 0.717) is 35.1 Å². The van der Waals surface area contributed by atoms with Crippen molar-refractivity contribution in [2.24, 2.45) is 11.7 Å². The van der Waals surface area contributed by atoms with E-state index in [9.17, 15) is 9.59 Å². The number of primary amides is 1. The van der Waals surface area contributed by atoms with E-state index in [1.54, 1.807) is 23.1 Å². The lowest BCUT2D eigenvalue weighted by molar-refractivity contribution is -0.119. The summed E-state index contributed by atoms with van der Waals surface area (Å²) in [5.41, 5.74) is 5.71. The first kappa shape index (κ1) is 16.1. The molecule has 2 rings (SSSR count). The van der Waals surface area contributed by atoms with Crippen LogP contribution < -0.4 is 5.73 Å². The van der Waals surface area contributed by atoms with Crippen molar-refractivity contribution in [2.75, 3.05) is 13.1 Å². The predicted molar refractivity (Wildman–Crippen MR) is 83.5 cm³/mol. The zero-order valence-electron chi connectivity index (χ0n) is 11.6. The second-order valence-electron chi connectivity index (χ2n) is 5.38. The largest absolute Gasteiger partial charge is 0.370 e. The summed E-state index contributed by atoms with van der Waals surface area (Å²) in [6, 6.07) is 4.89. The molecule has 0 bridgehead atoms. The van der Waals surface area contributed by atoms with Crippen LogP contribution in [0.15, 0.2) is 18.2 Å². The molecule has 2 amide bonds. The molecule has 1 aliphatic heterocycles. The minimum absolute atomic E-state index is 0.0867. The van der Waals surface area contributed by atoms with E-state index in [1.165, 1.54) is 0 Å². The number of carbonyl (C=O) groups excluding carboxylic acids is 2. The van der Waals surface area contributed by atoms with Crippen molar-refractivity contribution < 1.29 is 9.59 Å². The fourth-order valence-corrected chi connectivity index (χ4v) is 3.18. The number of hydrogen-bond acceptors (Lipinski definition) is 2. The van der Waals surface area contributed by atoms with Crippen LogP contribution in [0.5, 0.6) is 0 Å². The molecular formula is C15H18Cl2N2O2. The van der Waals surface area contributed by atoms with Gasteiger partial charge in [-0.1, -0.05) is 23.2 Å². The quantitative estimate of drug-likeness (QED) is 0.926. The van der Waals surface area contributed by atoms with Crippen LogP contribution >= 0.6 is 23.2 Å². The van der Waals surface area contributed by atoms with Gasteiger partial charge in [0.1, 0.15) is 0 Å². The summed E-state index contributed by atoms with van der Waals surface area (Å²) >= 11 is 11.9. The van der Waals surface area contributed by atoms with Gasteiger partial charge >= 0.3 is 0 Å². The molecule has 1 fully saturated rings. The lowest BCUT2D eigenvalue weighted by Gasteiger charge is -2.21. The SMILES string of the molecule is NC(=O)CC1CCCN(C(=O)c2ccc(Cl)cc2Cl)CC1. The van der Waals surface area contributed by atoms with E-state index in [1.807, 2.05) is 0 Å². The Morgan fingerprint density at radius 1 is 1.24 bits per heavy atom. The van der Waals surface area contributed by atoms with Gasteiger partial charge in [0.2, 0.25) is 5.91 Å². The second kappa shape index (κ2) is 7.14. The Kier molecular flexibility index (Phi) is 5.48. The van der Waals surface area contributed by atoms with Crippen molar-refractivity contribution >= 4 is 35.0 Å². The zero-order valence-corrected chi connectivity index (χ0v) is 13.2. The van der Waals surface area contributed by atoms with Gasteiger partial charge in [0.05, 0.1) is 10.6 Å². The highest BCUT2D eigenvalue weighted by molar-refractivity contribution is 6.36. The number of nitrogens with zero attached hydrogens (tertiary/aromatic N) is 1. The van der Waals surface area contributed by atoms with Gasteiger partial charge in [-0.05, 0) is 43.4 Å². The summed E-state index contributed by atoms with van der Waals surface area (Å²) < 4.78 is 0. The average Bonchev–Trinajstić information content (AvgIpc) is 2.63. The molecule has 1 saturated heterocycles. The number of halogens is 2. The molecule has 6 heteroatoms. The third-order valence-corrected chi connectivity index (χ3v) is 4.33. The number of rotatable bonds is 3. The van der Waals surface area contributed by atoms with Crippen LogP contribution in [-0.2, 0) is 4.79 Å². The molecule has 4 nitrogen and oxygen atoms in total. The summed E-state index contributed by atoms with van der Waals surface area (Å²) in [7, 11) is 0. The first-order valence-corrected chi connectivity index (χ1v) is 7.75. The van der Waals surface area contributed by atoms with E-state index in [4.69, 9.17) is 28.9 Å². The Morgan fingerprint density at radius 3 is 2.67 bits per heavy atom. The standard InChI is InChI=1S/C15H18Cl2N2O2/c16-11-3-4-12(13(17)9-11)15(21)19-6-1-2-10(5-7-19)8-14(18)20/h3-4,9-10H,1-2,5-8H2,(H2,18,20). The Labute approximate surface area is 134 Å². The molecule has 0 aliphatic carbocycles. The molecular weight excluding hydrogens is 311 g/mol. The predicted octanol–water partition coefficient (Wildman–Crippen LogP) is 3.11. The molecule has 1 aromatic rings. The van der Waals surface area contributed by atoms with Crippen LogP contribution in [-0.4, -0.2) is 29.8 Å². The van der Waals surface area contributed by atoms with Crippen molar-refractivity contribution in [3.05, 3.63) is 33.8 Å². The van der Waals surface area contributed by atoms with Gasteiger partial charge in [0, 0.05) is 24.5 Å². The van der Waals surface area contributed by atoms with Crippen molar-refractivity contribution in [1.82, 2.24) is 4.90 Å². The van der Waals surface area contributed by atoms with Gasteiger partial charge < -0.3 is 10.6 Å². The van der Waals surface area contributed by atoms with Gasteiger partial charge in [0.25, 0.3) is 5.91 Å². The summed E-state index contributed by atoms with van der Waals surface area (Å²) in [4.78, 5) is 25.3. The van der Waals surface area contributed by atoms with E-state index in [2.05, 4.69) is 0 Å². The maximum Gasteiger partial charge on any atom is 0.255 e. The molecule has 2 N–H and O–H groups in total. The summed E-state index contributed by atoms with van der Waals surface area (Å²) in [5.74, 6) is -0.0992. The minimum Gasteiger partial charge on any atom is -0.370 e. The third-order valence-electron chi connectivity index (χ3n) is 3.79. The molecule has 1 unspecified atom stereocenters. The van der Waals surface area contributed by atoms with Gasteiger partial charge in [-0.3, -0.25) is 9.59 Å². The number of nitrogens with two attached hydrogens (primary N) is 1. The smallest absolute Gasteiger partial charge is 0.255 e. The van der Waals surface area contributed by atoms with Gasteiger partial charge in [0.15, 0.2) is 0 Å². The number of hydrogen-bond donors (Lipinski definition) is 1. The van der Waals surface area contributed by atoms with Crippen LogP contribution in [0.2, 0.25) is 10.0 Å². The molecule has 1 aliphatic rings. The van der Waals surface area contributed by atoms with Crippen LogP contribution in [0.25, 0.3) is 0 Å². The number of amides is 2. The van der Waals surface area contributed by atoms with E-state index in [0.717, 1.165) is 19.3 Å². The van der Waals surface area contributed by atoms with Gasteiger partial charge in [-0.15, -0.1) is 0 Å². The Bertz CT molecular complexity index is 548. The third kappa shape index (κ3) is 4.35. The number of likely N-dealkylation sites (tertiary alicyclic amines) is 1. The van der Waals surface area contributed by atoms with Crippen molar-refractivity contribution in [3.8, 4) is 0 Å². The molecule has 0 aromatic heterocycles. The second-order valence-corrected chi connectivity index (χ2v) is 6.23. The van der Waals surface area contributed by atoms with E-state index in [-0.39, 0.29) is 17.7 Å². The van der Waals surface area contributed by atoms with Crippen molar-refractivity contribution in [1.29, 1.82) is 0 Å². The van der Waals surface area contributed by atoms with Crippen LogP contribution in [0.1, 0.15) is 36.0 Å². The lowest BCUT2D eigenvalue weighted by Crippen LogP contribution is -2.32. The molecule has 1 heterocycles. The monoisotopic (exact) mass is 328 g/mol. The Morgan fingerprint density at radius 2 is 2.00 bits per heavy atom. The average molecular weight is 329 g/mol. The Balaban J connectivity index is 2.04. The summed E-state index contributed by atoms with van der Waals surface area (Å²) in [6.07, 6.45) is 2.97. The molecule has 0 spiro atoms. The molecule has 21 heavy (non-hydrogen) atoms. The van der Waals surface area contributed by atoms with Crippen LogP contribution in [0, 0.1) is 5.92 Å². The van der Waals surface area contributed by atoms with Crippen molar-refractivity contribution in [2.45, 2.75) is 25.7 Å². The number of benzene rings is 1. The minimum atomic E-state index is -0.277. The zero-order chi connectivity index (χ0) is 15.4. The molecule has 1 aromatic carbocycles. The normalized spacial score (nSPS) is 19.1. The Hall–Kier alpha value is -1.26. The highest BCUT2D eigenvalue weighted by Crippen LogP contribution is 2.25. The molecule has 1 atom stereocenters. The number of carbonyl (C=O) groups is 2. The first-order chi connectivity index (χ1) is 9.97. The summed E-state index contributed by atoms with van der Waals surface area (Å²) in [5, 5.41) is 0.874. The highest BCUT2D eigenvalue weighted by Gasteiger charge is 2.23. The van der Waals surface area contributed by atoms with Crippen molar-refractivity contribution in [3.63, 3.8) is 0 Å². The molecule has 0 radical (unpaired) electrons. The lowest BCUT2D eigenvalue weighted by atomic mass is 9.97. The van der Waals surface area contributed by atoms with Crippen LogP contribution in [0.4, 0.5) is 0 Å². The van der Waals surface area contributed by atoms with E-state index >= 15 is 0 Å². The van der Waals surface area contributed by atoms with E-state index < -0.39 is 0 Å². The summed E-state index contributed by atoms with van der Waals surface area (Å²) in [6.45, 7) is 1.29. The van der Waals surface area contributed by atoms with Gasteiger partial charge in [-0.25, -0.2) is 0 Å². The fourth-order valence-electron chi connectivity index (χ4n) is 2.69. The van der Waals surface area contributed by atoms with Crippen LogP contribution in [0.3, 0.4) is 0 Å². The topological polar surface area (TPSA) is 63.4 Å². The molecule has 114 valence electrons. The fraction of sp³-hybridized carbons (Fsp3) is 0.467. The maximum absolute atomic E-state index is 12.5. The maximum atomic E-state index is 12.5.